The van der Waals surface area contributed by atoms with Crippen molar-refractivity contribution in [3.05, 3.63) is 47.8 Å². The fourth-order valence-electron chi connectivity index (χ4n) is 3.16. The molecule has 0 aliphatic heterocycles. The molecule has 0 saturated heterocycles. The summed E-state index contributed by atoms with van der Waals surface area (Å²) in [5.74, 6) is -1.20. The zero-order valence-electron chi connectivity index (χ0n) is 17.5. The minimum Gasteiger partial charge on any atom is -0.467 e. The fraction of sp³-hybridized carbons (Fsp3) is 0.455. The molecule has 8 nitrogen and oxygen atoms in total. The van der Waals surface area contributed by atoms with Crippen LogP contribution in [0.25, 0.3) is 5.69 Å². The van der Waals surface area contributed by atoms with E-state index in [4.69, 9.17) is 9.47 Å². The van der Waals surface area contributed by atoms with E-state index in [1.807, 2.05) is 44.2 Å². The van der Waals surface area contributed by atoms with Crippen molar-refractivity contribution < 1.29 is 23.9 Å². The predicted molar refractivity (Wildman–Crippen MR) is 109 cm³/mol. The lowest BCUT2D eigenvalue weighted by Crippen LogP contribution is -2.44. The standard InChI is InChI=1S/C22H27N3O5/c1-14(2)11-18(21(27)29-3)23-20(26)13-30-22(28)19-12-17(15-9-10-15)24-25(19)16-7-5-4-6-8-16/h4-8,12,14-15,18H,9-11,13H2,1-3H3,(H,23,26)/t18-/m0/s1. The number of ether oxygens (including phenoxy) is 2. The third-order valence-corrected chi connectivity index (χ3v) is 4.80. The second-order valence-corrected chi connectivity index (χ2v) is 7.83. The predicted octanol–water partition coefficient (Wildman–Crippen LogP) is 2.61. The van der Waals surface area contributed by atoms with E-state index in [9.17, 15) is 14.4 Å². The zero-order valence-corrected chi connectivity index (χ0v) is 17.5. The van der Waals surface area contributed by atoms with Crippen LogP contribution in [0.2, 0.25) is 0 Å². The van der Waals surface area contributed by atoms with Gasteiger partial charge in [-0.05, 0) is 43.4 Å². The molecule has 30 heavy (non-hydrogen) atoms. The van der Waals surface area contributed by atoms with E-state index >= 15 is 0 Å². The Morgan fingerprint density at radius 1 is 1.20 bits per heavy atom. The minimum absolute atomic E-state index is 0.179. The van der Waals surface area contributed by atoms with Crippen LogP contribution in [0.3, 0.4) is 0 Å². The minimum atomic E-state index is -0.780. The number of hydrogen-bond donors (Lipinski definition) is 1. The van der Waals surface area contributed by atoms with E-state index < -0.39 is 30.5 Å². The molecule has 1 heterocycles. The lowest BCUT2D eigenvalue weighted by atomic mass is 10.0. The van der Waals surface area contributed by atoms with Gasteiger partial charge in [-0.3, -0.25) is 4.79 Å². The Morgan fingerprint density at radius 2 is 1.90 bits per heavy atom. The van der Waals surface area contributed by atoms with Crippen LogP contribution in [0.4, 0.5) is 0 Å². The van der Waals surface area contributed by atoms with Crippen molar-refractivity contribution in [3.8, 4) is 5.69 Å². The van der Waals surface area contributed by atoms with Crippen LogP contribution in [0.1, 0.15) is 55.2 Å². The van der Waals surface area contributed by atoms with E-state index in [-0.39, 0.29) is 11.6 Å². The topological polar surface area (TPSA) is 99.5 Å². The highest BCUT2D eigenvalue weighted by molar-refractivity contribution is 5.91. The third-order valence-electron chi connectivity index (χ3n) is 4.80. The molecule has 1 saturated carbocycles. The number of esters is 2. The number of carbonyl (C=O) groups is 3. The molecule has 2 aromatic rings. The van der Waals surface area contributed by atoms with Crippen LogP contribution in [0, 0.1) is 5.92 Å². The van der Waals surface area contributed by atoms with Gasteiger partial charge in [-0.15, -0.1) is 0 Å². The van der Waals surface area contributed by atoms with Gasteiger partial charge in [0.2, 0.25) is 0 Å². The SMILES string of the molecule is COC(=O)[C@H](CC(C)C)NC(=O)COC(=O)c1cc(C2CC2)nn1-c1ccccc1. The first-order valence-electron chi connectivity index (χ1n) is 10.1. The number of nitrogens with one attached hydrogen (secondary N) is 1. The smallest absolute Gasteiger partial charge is 0.357 e. The number of nitrogens with zero attached hydrogens (tertiary/aromatic N) is 2. The van der Waals surface area contributed by atoms with Gasteiger partial charge in [0.1, 0.15) is 6.04 Å². The van der Waals surface area contributed by atoms with Crippen LogP contribution >= 0.6 is 0 Å². The van der Waals surface area contributed by atoms with Gasteiger partial charge >= 0.3 is 11.9 Å². The molecule has 1 aromatic carbocycles. The quantitative estimate of drug-likeness (QED) is 0.635. The number of aromatic nitrogens is 2. The molecule has 0 unspecified atom stereocenters. The van der Waals surface area contributed by atoms with Crippen molar-refractivity contribution in [2.24, 2.45) is 5.92 Å². The summed E-state index contributed by atoms with van der Waals surface area (Å²) < 4.78 is 11.5. The Morgan fingerprint density at radius 3 is 2.50 bits per heavy atom. The summed E-state index contributed by atoms with van der Waals surface area (Å²) in [6, 6.07) is 10.2. The highest BCUT2D eigenvalue weighted by Crippen LogP contribution is 2.39. The third kappa shape index (κ3) is 5.46. The molecule has 1 aliphatic carbocycles. The maximum atomic E-state index is 12.7. The van der Waals surface area contributed by atoms with E-state index in [1.54, 1.807) is 10.7 Å². The number of methoxy groups -OCH3 is 1. The molecule has 0 spiro atoms. The molecule has 1 atom stereocenters. The molecule has 0 radical (unpaired) electrons. The van der Waals surface area contributed by atoms with Crippen LogP contribution < -0.4 is 5.32 Å². The van der Waals surface area contributed by atoms with Crippen LogP contribution in [-0.2, 0) is 19.1 Å². The number of rotatable bonds is 9. The van der Waals surface area contributed by atoms with Crippen LogP contribution in [-0.4, -0.2) is 47.4 Å². The molecule has 1 aromatic heterocycles. The number of amides is 1. The highest BCUT2D eigenvalue weighted by Gasteiger charge is 2.30. The Labute approximate surface area is 175 Å². The molecule has 1 aliphatic rings. The Kier molecular flexibility index (Phi) is 6.87. The lowest BCUT2D eigenvalue weighted by Gasteiger charge is -2.18. The van der Waals surface area contributed by atoms with E-state index in [1.165, 1.54) is 7.11 Å². The molecule has 0 bridgehead atoms. The van der Waals surface area contributed by atoms with Crippen LogP contribution in [0.15, 0.2) is 36.4 Å². The van der Waals surface area contributed by atoms with Crippen LogP contribution in [0.5, 0.6) is 0 Å². The van der Waals surface area contributed by atoms with Crippen molar-refractivity contribution in [2.75, 3.05) is 13.7 Å². The van der Waals surface area contributed by atoms with E-state index in [0.29, 0.717) is 12.3 Å². The molecular weight excluding hydrogens is 386 g/mol. The Balaban J connectivity index is 1.67. The Bertz CT molecular complexity index is 903. The number of carbonyl (C=O) groups excluding carboxylic acids is 3. The highest BCUT2D eigenvalue weighted by atomic mass is 16.5. The van der Waals surface area contributed by atoms with E-state index in [2.05, 4.69) is 10.4 Å². The van der Waals surface area contributed by atoms with Gasteiger partial charge in [-0.25, -0.2) is 14.3 Å². The van der Waals surface area contributed by atoms with Gasteiger partial charge < -0.3 is 14.8 Å². The van der Waals surface area contributed by atoms with Gasteiger partial charge in [0, 0.05) is 5.92 Å². The summed E-state index contributed by atoms with van der Waals surface area (Å²) in [6.07, 6.45) is 2.53. The average Bonchev–Trinajstić information content (AvgIpc) is 3.49. The molecule has 3 rings (SSSR count). The molecule has 1 fully saturated rings. The van der Waals surface area contributed by atoms with Gasteiger partial charge in [0.05, 0.1) is 18.5 Å². The van der Waals surface area contributed by atoms with Gasteiger partial charge in [0.15, 0.2) is 12.3 Å². The first-order chi connectivity index (χ1) is 14.4. The largest absolute Gasteiger partial charge is 0.467 e. The Hall–Kier alpha value is -3.16. The van der Waals surface area contributed by atoms with Gasteiger partial charge in [-0.2, -0.15) is 5.10 Å². The maximum Gasteiger partial charge on any atom is 0.357 e. The first-order valence-corrected chi connectivity index (χ1v) is 10.1. The van der Waals surface area contributed by atoms with Gasteiger partial charge in [0.25, 0.3) is 5.91 Å². The molecule has 8 heteroatoms. The number of para-hydroxylation sites is 1. The van der Waals surface area contributed by atoms with Crippen molar-refractivity contribution in [1.82, 2.24) is 15.1 Å². The summed E-state index contributed by atoms with van der Waals surface area (Å²) in [7, 11) is 1.27. The molecule has 1 amide bonds. The number of hydrogen-bond acceptors (Lipinski definition) is 6. The van der Waals surface area contributed by atoms with Gasteiger partial charge in [-0.1, -0.05) is 32.0 Å². The van der Waals surface area contributed by atoms with Crippen molar-refractivity contribution in [1.29, 1.82) is 0 Å². The second-order valence-electron chi connectivity index (χ2n) is 7.83. The molecule has 1 N–H and O–H groups in total. The normalized spacial score (nSPS) is 14.3. The zero-order chi connectivity index (χ0) is 21.7. The van der Waals surface area contributed by atoms with Crippen molar-refractivity contribution in [2.45, 2.75) is 45.1 Å². The summed E-state index contributed by atoms with van der Waals surface area (Å²) in [4.78, 5) is 36.8. The molecule has 160 valence electrons. The summed E-state index contributed by atoms with van der Waals surface area (Å²) >= 11 is 0. The fourth-order valence-corrected chi connectivity index (χ4v) is 3.16. The second kappa shape index (κ2) is 9.56. The summed E-state index contributed by atoms with van der Waals surface area (Å²) in [5.41, 5.74) is 1.85. The molecular formula is C22H27N3O5. The number of benzene rings is 1. The first kappa shape index (κ1) is 21.5. The van der Waals surface area contributed by atoms with Crippen molar-refractivity contribution in [3.63, 3.8) is 0 Å². The average molecular weight is 413 g/mol. The monoisotopic (exact) mass is 413 g/mol. The summed E-state index contributed by atoms with van der Waals surface area (Å²) in [5, 5.41) is 7.13. The summed E-state index contributed by atoms with van der Waals surface area (Å²) in [6.45, 7) is 3.37. The van der Waals surface area contributed by atoms with Crippen molar-refractivity contribution >= 4 is 17.8 Å². The van der Waals surface area contributed by atoms with E-state index in [0.717, 1.165) is 24.2 Å². The maximum absolute atomic E-state index is 12.7. The lowest BCUT2D eigenvalue weighted by molar-refractivity contribution is -0.145.